The molecule has 1 unspecified atom stereocenters. The molecule has 222 valence electrons. The van der Waals surface area contributed by atoms with Crippen LogP contribution < -0.4 is 10.6 Å². The first-order valence-electron chi connectivity index (χ1n) is 11.5. The van der Waals surface area contributed by atoms with Crippen LogP contribution in [-0.4, -0.2) is 39.2 Å². The summed E-state index contributed by atoms with van der Waals surface area (Å²) in [6.45, 7) is 1.46. The molecule has 0 spiro atoms. The summed E-state index contributed by atoms with van der Waals surface area (Å²) in [5.74, 6) is -15.5. The third-order valence-electron chi connectivity index (χ3n) is 5.57. The highest BCUT2D eigenvalue weighted by molar-refractivity contribution is 8.00. The average molecular weight is 618 g/mol. The van der Waals surface area contributed by atoms with Crippen molar-refractivity contribution in [2.75, 3.05) is 10.6 Å². The maximum absolute atomic E-state index is 14.2. The highest BCUT2D eigenvalue weighted by Crippen LogP contribution is 2.39. The Morgan fingerprint density at radius 1 is 0.833 bits per heavy atom. The minimum atomic E-state index is -5.75. The van der Waals surface area contributed by atoms with Gasteiger partial charge in [-0.05, 0) is 42.8 Å². The Bertz CT molecular complexity index is 1570. The van der Waals surface area contributed by atoms with Gasteiger partial charge in [0.2, 0.25) is 5.91 Å². The molecule has 0 aliphatic rings. The van der Waals surface area contributed by atoms with Gasteiger partial charge in [0.15, 0.2) is 23.3 Å². The van der Waals surface area contributed by atoms with E-state index >= 15 is 0 Å². The summed E-state index contributed by atoms with van der Waals surface area (Å²) in [5.41, 5.74) is -5.77. The first-order valence-corrected chi connectivity index (χ1v) is 12.4. The molecule has 3 aromatic rings. The smallest absolute Gasteiger partial charge is 0.422 e. The number of carbonyl (C=O) groups excluding carboxylic acids is 2. The molecule has 0 heterocycles. The van der Waals surface area contributed by atoms with Gasteiger partial charge in [-0.3, -0.25) is 9.59 Å². The van der Waals surface area contributed by atoms with E-state index < -0.39 is 75.3 Å². The number of rotatable bonds is 9. The van der Waals surface area contributed by atoms with Crippen molar-refractivity contribution in [1.29, 1.82) is 0 Å². The van der Waals surface area contributed by atoms with Crippen LogP contribution in [0.15, 0.2) is 47.4 Å². The Balaban J connectivity index is 1.81. The Morgan fingerprint density at radius 2 is 1.45 bits per heavy atom. The molecule has 0 aliphatic carbocycles. The van der Waals surface area contributed by atoms with Crippen molar-refractivity contribution in [3.05, 3.63) is 88.0 Å². The Labute approximate surface area is 235 Å². The van der Waals surface area contributed by atoms with Crippen LogP contribution in [-0.2, 0) is 11.0 Å². The predicted molar refractivity (Wildman–Crippen MR) is 135 cm³/mol. The third-order valence-corrected chi connectivity index (χ3v) is 6.93. The molecule has 0 fully saturated rings. The number of aromatic carboxylic acids is 2. The van der Waals surface area contributed by atoms with Crippen molar-refractivity contribution in [3.63, 3.8) is 0 Å². The van der Waals surface area contributed by atoms with Crippen molar-refractivity contribution in [2.45, 2.75) is 29.7 Å². The second-order valence-corrected chi connectivity index (χ2v) is 9.64. The Hall–Kier alpha value is -4.60. The molecule has 3 aromatic carbocycles. The van der Waals surface area contributed by atoms with E-state index in [4.69, 9.17) is 5.11 Å². The normalized spacial score (nSPS) is 12.0. The van der Waals surface area contributed by atoms with Gasteiger partial charge < -0.3 is 20.8 Å². The van der Waals surface area contributed by atoms with Gasteiger partial charge in [0.1, 0.15) is 11.3 Å². The molecule has 8 nitrogen and oxygen atoms in total. The summed E-state index contributed by atoms with van der Waals surface area (Å²) < 4.78 is 94.8. The van der Waals surface area contributed by atoms with Crippen LogP contribution in [0.2, 0.25) is 0 Å². The zero-order valence-electron chi connectivity index (χ0n) is 20.9. The van der Waals surface area contributed by atoms with Crippen molar-refractivity contribution in [1.82, 2.24) is 0 Å². The van der Waals surface area contributed by atoms with E-state index in [-0.39, 0.29) is 28.1 Å². The highest BCUT2D eigenvalue weighted by Gasteiger charge is 2.42. The number of hydrogen-bond acceptors (Lipinski definition) is 5. The topological polar surface area (TPSA) is 133 Å². The SMILES string of the molecule is CCC(Sc1cccc(NC(=O)c2ccc(C(=O)O)cc2C(=O)O)c1)C(=O)Nc1c(F)c(F)c(C(F)(F)F)c(F)c1F. The Morgan fingerprint density at radius 3 is 1.98 bits per heavy atom. The van der Waals surface area contributed by atoms with Crippen LogP contribution >= 0.6 is 11.8 Å². The zero-order valence-corrected chi connectivity index (χ0v) is 21.7. The number of carboxylic acid groups (broad SMARTS) is 2. The summed E-state index contributed by atoms with van der Waals surface area (Å²) in [6.07, 6.45) is -5.79. The van der Waals surface area contributed by atoms with E-state index in [0.717, 1.165) is 30.0 Å². The lowest BCUT2D eigenvalue weighted by Gasteiger charge is -2.18. The third kappa shape index (κ3) is 6.82. The molecule has 1 atom stereocenters. The zero-order chi connectivity index (χ0) is 31.5. The van der Waals surface area contributed by atoms with Gasteiger partial charge in [0.25, 0.3) is 5.91 Å². The van der Waals surface area contributed by atoms with Gasteiger partial charge in [0, 0.05) is 10.6 Å². The highest BCUT2D eigenvalue weighted by atomic mass is 32.2. The van der Waals surface area contributed by atoms with Gasteiger partial charge in [-0.1, -0.05) is 13.0 Å². The number of halogens is 7. The molecule has 0 saturated carbocycles. The monoisotopic (exact) mass is 618 g/mol. The summed E-state index contributed by atoms with van der Waals surface area (Å²) in [6, 6.07) is 8.39. The summed E-state index contributed by atoms with van der Waals surface area (Å²) in [7, 11) is 0. The number of thioether (sulfide) groups is 1. The molecule has 0 saturated heterocycles. The van der Waals surface area contributed by atoms with E-state index in [9.17, 15) is 55.0 Å². The number of carboxylic acids is 2. The second kappa shape index (κ2) is 12.5. The van der Waals surface area contributed by atoms with Crippen molar-refractivity contribution >= 4 is 46.9 Å². The molecule has 0 bridgehead atoms. The number of anilines is 2. The maximum Gasteiger partial charge on any atom is 0.422 e. The van der Waals surface area contributed by atoms with Crippen molar-refractivity contribution < 1.29 is 60.1 Å². The van der Waals surface area contributed by atoms with Crippen LogP contribution in [0.25, 0.3) is 0 Å². The number of amides is 2. The first-order chi connectivity index (χ1) is 19.6. The van der Waals surface area contributed by atoms with E-state index in [0.29, 0.717) is 0 Å². The fourth-order valence-electron chi connectivity index (χ4n) is 3.58. The number of nitrogens with one attached hydrogen (secondary N) is 2. The summed E-state index contributed by atoms with van der Waals surface area (Å²) in [5, 5.41) is 21.2. The van der Waals surface area contributed by atoms with Gasteiger partial charge >= 0.3 is 18.1 Å². The molecule has 2 amide bonds. The number of benzene rings is 3. The average Bonchev–Trinajstić information content (AvgIpc) is 2.91. The molecule has 0 radical (unpaired) electrons. The quantitative estimate of drug-likeness (QED) is 0.124. The molecular weight excluding hydrogens is 601 g/mol. The van der Waals surface area contributed by atoms with Crippen LogP contribution in [0.1, 0.15) is 50.0 Å². The molecule has 42 heavy (non-hydrogen) atoms. The molecule has 0 aliphatic heterocycles. The first kappa shape index (κ1) is 31.9. The van der Waals surface area contributed by atoms with Crippen molar-refractivity contribution in [2.24, 2.45) is 0 Å². The lowest BCUT2D eigenvalue weighted by atomic mass is 10.0. The van der Waals surface area contributed by atoms with Gasteiger partial charge in [0.05, 0.1) is 21.9 Å². The maximum atomic E-state index is 14.2. The lowest BCUT2D eigenvalue weighted by molar-refractivity contribution is -0.143. The molecule has 0 aromatic heterocycles. The number of carbonyl (C=O) groups is 4. The second-order valence-electron chi connectivity index (χ2n) is 8.36. The fraction of sp³-hybridized carbons (Fsp3) is 0.154. The minimum Gasteiger partial charge on any atom is -0.478 e. The lowest BCUT2D eigenvalue weighted by Crippen LogP contribution is -2.27. The molecule has 4 N–H and O–H groups in total. The number of alkyl halides is 3. The largest absolute Gasteiger partial charge is 0.478 e. The van der Waals surface area contributed by atoms with Crippen LogP contribution in [0, 0.1) is 23.3 Å². The van der Waals surface area contributed by atoms with Gasteiger partial charge in [-0.2, -0.15) is 13.2 Å². The van der Waals surface area contributed by atoms with Crippen LogP contribution in [0.5, 0.6) is 0 Å². The van der Waals surface area contributed by atoms with Crippen LogP contribution in [0.4, 0.5) is 42.1 Å². The van der Waals surface area contributed by atoms with E-state index in [1.807, 2.05) is 0 Å². The predicted octanol–water partition coefficient (Wildman–Crippen LogP) is 6.42. The van der Waals surface area contributed by atoms with Gasteiger partial charge in [-0.25, -0.2) is 27.2 Å². The van der Waals surface area contributed by atoms with Gasteiger partial charge in [-0.15, -0.1) is 11.8 Å². The standard InChI is InChI=1S/C26H17F7N2O6S/c1-2-15(23(37)35-21-19(29)17(27)16(26(31,32)33)18(28)20(21)30)42-12-5-3-4-11(9-12)34-22(36)13-7-6-10(24(38)39)8-14(13)25(40)41/h3-9,15H,2H2,1H3,(H,34,36)(H,35,37)(H,38,39)(H,40,41). The summed E-state index contributed by atoms with van der Waals surface area (Å²) in [4.78, 5) is 48.3. The molecule has 16 heteroatoms. The van der Waals surface area contributed by atoms with E-state index in [2.05, 4.69) is 5.32 Å². The van der Waals surface area contributed by atoms with E-state index in [1.165, 1.54) is 31.2 Å². The Kier molecular flexibility index (Phi) is 9.50. The summed E-state index contributed by atoms with van der Waals surface area (Å²) >= 11 is 0.759. The van der Waals surface area contributed by atoms with Crippen LogP contribution in [0.3, 0.4) is 0 Å². The van der Waals surface area contributed by atoms with E-state index in [1.54, 1.807) is 5.32 Å². The molecular formula is C26H17F7N2O6S. The molecule has 3 rings (SSSR count). The number of hydrogen-bond donors (Lipinski definition) is 4. The minimum absolute atomic E-state index is 0.0418. The fourth-order valence-corrected chi connectivity index (χ4v) is 4.59. The van der Waals surface area contributed by atoms with Crippen molar-refractivity contribution in [3.8, 4) is 0 Å².